The summed E-state index contributed by atoms with van der Waals surface area (Å²) in [6.07, 6.45) is 1.54. The molecule has 208 valence electrons. The van der Waals surface area contributed by atoms with E-state index in [-0.39, 0.29) is 16.9 Å². The summed E-state index contributed by atoms with van der Waals surface area (Å²) in [7, 11) is 0. The van der Waals surface area contributed by atoms with Gasteiger partial charge in [-0.15, -0.1) is 11.8 Å². The Labute approximate surface area is 249 Å². The zero-order valence-electron chi connectivity index (χ0n) is 22.9. The molecule has 8 heteroatoms. The van der Waals surface area contributed by atoms with E-state index in [0.717, 1.165) is 21.7 Å². The predicted octanol–water partition coefficient (Wildman–Crippen LogP) is 7.49. The number of aryl methyl sites for hydroxylation is 1. The summed E-state index contributed by atoms with van der Waals surface area (Å²) in [4.78, 5) is 39.8. The van der Waals surface area contributed by atoms with Crippen LogP contribution in [0.1, 0.15) is 34.0 Å². The summed E-state index contributed by atoms with van der Waals surface area (Å²) < 4.78 is 0. The van der Waals surface area contributed by atoms with Crippen molar-refractivity contribution in [3.63, 3.8) is 0 Å². The highest BCUT2D eigenvalue weighted by Gasteiger charge is 2.18. The lowest BCUT2D eigenvalue weighted by Gasteiger charge is -2.15. The maximum Gasteiger partial charge on any atom is 0.272 e. The smallest absolute Gasteiger partial charge is 0.272 e. The maximum absolute atomic E-state index is 13.3. The molecule has 0 fully saturated rings. The number of carbonyl (C=O) groups excluding carboxylic acids is 3. The average molecular weight is 584 g/mol. The van der Waals surface area contributed by atoms with Crippen LogP contribution in [0.15, 0.2) is 108 Å². The minimum atomic E-state index is -0.504. The predicted molar refractivity (Wildman–Crippen MR) is 168 cm³/mol. The molecule has 0 aliphatic rings. The van der Waals surface area contributed by atoms with Crippen LogP contribution in [0.4, 0.5) is 11.4 Å². The summed E-state index contributed by atoms with van der Waals surface area (Å²) in [5.41, 5.74) is 4.55. The van der Waals surface area contributed by atoms with Gasteiger partial charge in [0.2, 0.25) is 5.91 Å². The highest BCUT2D eigenvalue weighted by molar-refractivity contribution is 8.00. The second-order valence-corrected chi connectivity index (χ2v) is 11.2. The Kier molecular flexibility index (Phi) is 10.0. The first kappa shape index (κ1) is 29.6. The Balaban J connectivity index is 1.44. The minimum Gasteiger partial charge on any atom is -0.325 e. The topological polar surface area (TPSA) is 87.3 Å². The van der Waals surface area contributed by atoms with Crippen LogP contribution in [0.25, 0.3) is 6.08 Å². The molecule has 0 spiro atoms. The molecule has 1 atom stereocenters. The molecule has 0 radical (unpaired) electrons. The molecule has 0 aliphatic heterocycles. The van der Waals surface area contributed by atoms with Gasteiger partial charge in [-0.05, 0) is 92.1 Å². The van der Waals surface area contributed by atoms with Gasteiger partial charge in [0.25, 0.3) is 11.8 Å². The number of hydrogen-bond acceptors (Lipinski definition) is 4. The first-order valence-corrected chi connectivity index (χ1v) is 14.2. The van der Waals surface area contributed by atoms with Crippen LogP contribution in [-0.2, 0) is 9.59 Å². The van der Waals surface area contributed by atoms with Crippen molar-refractivity contribution >= 4 is 58.5 Å². The zero-order valence-corrected chi connectivity index (χ0v) is 24.5. The molecule has 3 N–H and O–H groups in total. The molecule has 6 nitrogen and oxygen atoms in total. The van der Waals surface area contributed by atoms with Gasteiger partial charge >= 0.3 is 0 Å². The molecule has 4 rings (SSSR count). The van der Waals surface area contributed by atoms with E-state index in [1.807, 2.05) is 57.2 Å². The zero-order chi connectivity index (χ0) is 29.4. The minimum absolute atomic E-state index is 0.0436. The molecule has 4 aromatic rings. The number of thioether (sulfide) groups is 1. The Morgan fingerprint density at radius 3 is 2.20 bits per heavy atom. The second-order valence-electron chi connectivity index (χ2n) is 9.37. The van der Waals surface area contributed by atoms with Gasteiger partial charge in [-0.3, -0.25) is 14.4 Å². The van der Waals surface area contributed by atoms with Gasteiger partial charge in [0.1, 0.15) is 5.70 Å². The quantitative estimate of drug-likeness (QED) is 0.141. The van der Waals surface area contributed by atoms with Crippen molar-refractivity contribution < 1.29 is 14.4 Å². The highest BCUT2D eigenvalue weighted by atomic mass is 35.5. The van der Waals surface area contributed by atoms with Gasteiger partial charge in [0, 0.05) is 26.9 Å². The van der Waals surface area contributed by atoms with E-state index in [9.17, 15) is 14.4 Å². The summed E-state index contributed by atoms with van der Waals surface area (Å²) in [5.74, 6) is -1.01. The van der Waals surface area contributed by atoms with E-state index in [2.05, 4.69) is 16.0 Å². The molecular weight excluding hydrogens is 554 g/mol. The van der Waals surface area contributed by atoms with Crippen LogP contribution in [0.2, 0.25) is 5.02 Å². The van der Waals surface area contributed by atoms with Crippen LogP contribution in [0.5, 0.6) is 0 Å². The molecule has 41 heavy (non-hydrogen) atoms. The third kappa shape index (κ3) is 8.10. The Morgan fingerprint density at radius 1 is 0.805 bits per heavy atom. The number of nitrogens with one attached hydrogen (secondary N) is 3. The van der Waals surface area contributed by atoms with Gasteiger partial charge in [-0.1, -0.05) is 60.1 Å². The highest BCUT2D eigenvalue weighted by Crippen LogP contribution is 2.27. The van der Waals surface area contributed by atoms with Crippen LogP contribution in [-0.4, -0.2) is 23.0 Å². The van der Waals surface area contributed by atoms with Crippen molar-refractivity contribution in [2.45, 2.75) is 30.9 Å². The van der Waals surface area contributed by atoms with E-state index >= 15 is 0 Å². The van der Waals surface area contributed by atoms with E-state index in [1.165, 1.54) is 11.8 Å². The van der Waals surface area contributed by atoms with Gasteiger partial charge in [0.15, 0.2) is 0 Å². The molecule has 0 bridgehead atoms. The van der Waals surface area contributed by atoms with Crippen molar-refractivity contribution in [2.75, 3.05) is 10.6 Å². The van der Waals surface area contributed by atoms with Gasteiger partial charge in [-0.2, -0.15) is 0 Å². The molecule has 4 aromatic carbocycles. The standard InChI is InChI=1S/C33H30ClN3O3S/c1-21-10-9-15-29(22(21)2)36-31(38)23(3)41-27-18-16-26(17-19-27)35-33(40)30(20-25-13-7-8-14-28(25)34)37-32(39)24-11-5-4-6-12-24/h4-20,23H,1-3H3,(H,35,40)(H,36,38)(H,37,39)/b30-20-. The number of amides is 3. The van der Waals surface area contributed by atoms with Gasteiger partial charge in [-0.25, -0.2) is 0 Å². The fraction of sp³-hybridized carbons (Fsp3) is 0.121. The molecule has 0 saturated carbocycles. The van der Waals surface area contributed by atoms with E-state index in [0.29, 0.717) is 21.8 Å². The summed E-state index contributed by atoms with van der Waals surface area (Å²) in [6, 6.07) is 28.7. The fourth-order valence-electron chi connectivity index (χ4n) is 3.88. The molecule has 1 unspecified atom stereocenters. The van der Waals surface area contributed by atoms with Crippen molar-refractivity contribution in [3.05, 3.63) is 130 Å². The van der Waals surface area contributed by atoms with Crippen molar-refractivity contribution in [1.82, 2.24) is 5.32 Å². The van der Waals surface area contributed by atoms with Crippen LogP contribution in [0.3, 0.4) is 0 Å². The number of carbonyl (C=O) groups is 3. The Hall–Kier alpha value is -4.33. The molecule has 0 aliphatic carbocycles. The average Bonchev–Trinajstić information content (AvgIpc) is 2.97. The Bertz CT molecular complexity index is 1590. The summed E-state index contributed by atoms with van der Waals surface area (Å²) in [5, 5.41) is 8.66. The second kappa shape index (κ2) is 13.8. The van der Waals surface area contributed by atoms with E-state index in [4.69, 9.17) is 11.6 Å². The lowest BCUT2D eigenvalue weighted by molar-refractivity contribution is -0.115. The molecular formula is C33H30ClN3O3S. The lowest BCUT2D eigenvalue weighted by atomic mass is 10.1. The number of hydrogen-bond donors (Lipinski definition) is 3. The van der Waals surface area contributed by atoms with Crippen molar-refractivity contribution in [2.24, 2.45) is 0 Å². The number of halogens is 1. The lowest BCUT2D eigenvalue weighted by Crippen LogP contribution is -2.30. The normalized spacial score (nSPS) is 11.9. The van der Waals surface area contributed by atoms with E-state index < -0.39 is 11.8 Å². The number of anilines is 2. The summed E-state index contributed by atoms with van der Waals surface area (Å²) >= 11 is 7.72. The number of benzene rings is 4. The third-order valence-corrected chi connectivity index (χ3v) is 7.85. The van der Waals surface area contributed by atoms with Crippen LogP contribution >= 0.6 is 23.4 Å². The van der Waals surface area contributed by atoms with Crippen molar-refractivity contribution in [3.8, 4) is 0 Å². The molecule has 3 amide bonds. The fourth-order valence-corrected chi connectivity index (χ4v) is 4.94. The van der Waals surface area contributed by atoms with Crippen LogP contribution < -0.4 is 16.0 Å². The molecule has 0 heterocycles. The molecule has 0 saturated heterocycles. The first-order valence-electron chi connectivity index (χ1n) is 13.0. The largest absolute Gasteiger partial charge is 0.325 e. The van der Waals surface area contributed by atoms with E-state index in [1.54, 1.807) is 66.7 Å². The third-order valence-electron chi connectivity index (χ3n) is 6.39. The monoisotopic (exact) mass is 583 g/mol. The van der Waals surface area contributed by atoms with Crippen LogP contribution in [0, 0.1) is 13.8 Å². The number of rotatable bonds is 9. The van der Waals surface area contributed by atoms with Gasteiger partial charge < -0.3 is 16.0 Å². The van der Waals surface area contributed by atoms with Crippen molar-refractivity contribution in [1.29, 1.82) is 0 Å². The summed E-state index contributed by atoms with van der Waals surface area (Å²) in [6.45, 7) is 5.84. The first-order chi connectivity index (χ1) is 19.7. The molecule has 0 aromatic heterocycles. The van der Waals surface area contributed by atoms with Gasteiger partial charge in [0.05, 0.1) is 5.25 Å². The Morgan fingerprint density at radius 2 is 1.49 bits per heavy atom. The maximum atomic E-state index is 13.3. The SMILES string of the molecule is Cc1cccc(NC(=O)C(C)Sc2ccc(NC(=O)/C(=C/c3ccccc3Cl)NC(=O)c3ccccc3)cc2)c1C.